The predicted octanol–water partition coefficient (Wildman–Crippen LogP) is 2.85. The number of rotatable bonds is 2. The van der Waals surface area contributed by atoms with Crippen molar-refractivity contribution in [2.75, 3.05) is 20.1 Å². The lowest BCUT2D eigenvalue weighted by Crippen LogP contribution is -2.49. The minimum atomic E-state index is -0.137. The van der Waals surface area contributed by atoms with Gasteiger partial charge in [0.25, 0.3) is 0 Å². The molecular formula is C19H26N2O2. The van der Waals surface area contributed by atoms with Crippen LogP contribution in [0.1, 0.15) is 44.2 Å². The van der Waals surface area contributed by atoms with Gasteiger partial charge in [-0.1, -0.05) is 37.3 Å². The second-order valence-corrected chi connectivity index (χ2v) is 7.04. The number of hydrogen-bond acceptors (Lipinski definition) is 2. The first-order valence-electron chi connectivity index (χ1n) is 8.67. The van der Waals surface area contributed by atoms with E-state index < -0.39 is 0 Å². The Labute approximate surface area is 138 Å². The van der Waals surface area contributed by atoms with Crippen molar-refractivity contribution in [3.05, 3.63) is 35.9 Å². The van der Waals surface area contributed by atoms with Crippen molar-refractivity contribution in [2.24, 2.45) is 11.8 Å². The standard InChI is InChI=1S/C19H26N2O2/c1-14-7-6-12-21(13-14)19(23)16-10-11-17(22)20(2)18(16)15-8-4-3-5-9-15/h3-5,8-9,14,16,18H,6-7,10-13H2,1-2H3/t14-,16+,18-/m1/s1. The van der Waals surface area contributed by atoms with Crippen LogP contribution in [0.5, 0.6) is 0 Å². The molecule has 23 heavy (non-hydrogen) atoms. The van der Waals surface area contributed by atoms with Crippen LogP contribution in [-0.4, -0.2) is 41.8 Å². The van der Waals surface area contributed by atoms with Gasteiger partial charge in [-0.2, -0.15) is 0 Å². The molecule has 0 radical (unpaired) electrons. The summed E-state index contributed by atoms with van der Waals surface area (Å²) in [5.74, 6) is 0.816. The zero-order valence-electron chi connectivity index (χ0n) is 14.1. The molecule has 2 heterocycles. The van der Waals surface area contributed by atoms with Crippen molar-refractivity contribution < 1.29 is 9.59 Å². The Bertz CT molecular complexity index is 572. The summed E-state index contributed by atoms with van der Waals surface area (Å²) in [6, 6.07) is 9.84. The third-order valence-corrected chi connectivity index (χ3v) is 5.29. The SMILES string of the molecule is C[C@@H]1CCCN(C(=O)[C@H]2CCC(=O)N(C)[C@@H]2c2ccccc2)C1. The lowest BCUT2D eigenvalue weighted by atomic mass is 9.83. The van der Waals surface area contributed by atoms with E-state index in [9.17, 15) is 9.59 Å². The Balaban J connectivity index is 1.86. The number of benzene rings is 1. The van der Waals surface area contributed by atoms with Gasteiger partial charge in [0.2, 0.25) is 11.8 Å². The van der Waals surface area contributed by atoms with Crippen LogP contribution in [0.25, 0.3) is 0 Å². The largest absolute Gasteiger partial charge is 0.342 e. The lowest BCUT2D eigenvalue weighted by Gasteiger charge is -2.42. The maximum absolute atomic E-state index is 13.1. The molecule has 0 saturated carbocycles. The van der Waals surface area contributed by atoms with Crippen molar-refractivity contribution in [2.45, 2.75) is 38.6 Å². The highest BCUT2D eigenvalue weighted by Gasteiger charge is 2.40. The Morgan fingerprint density at radius 2 is 1.91 bits per heavy atom. The van der Waals surface area contributed by atoms with Gasteiger partial charge < -0.3 is 9.80 Å². The Hall–Kier alpha value is -1.84. The molecule has 124 valence electrons. The fraction of sp³-hybridized carbons (Fsp3) is 0.579. The summed E-state index contributed by atoms with van der Waals surface area (Å²) in [4.78, 5) is 29.1. The van der Waals surface area contributed by atoms with E-state index in [1.165, 1.54) is 6.42 Å². The molecule has 3 rings (SSSR count). The molecule has 0 aromatic heterocycles. The van der Waals surface area contributed by atoms with Crippen molar-refractivity contribution >= 4 is 11.8 Å². The number of carbonyl (C=O) groups excluding carboxylic acids is 2. The van der Waals surface area contributed by atoms with Gasteiger partial charge >= 0.3 is 0 Å². The number of amides is 2. The fourth-order valence-electron chi connectivity index (χ4n) is 4.03. The highest BCUT2D eigenvalue weighted by atomic mass is 16.2. The van der Waals surface area contributed by atoms with E-state index in [4.69, 9.17) is 0 Å². The van der Waals surface area contributed by atoms with Crippen molar-refractivity contribution in [1.82, 2.24) is 9.80 Å². The summed E-state index contributed by atoms with van der Waals surface area (Å²) < 4.78 is 0. The summed E-state index contributed by atoms with van der Waals surface area (Å²) in [5, 5.41) is 0. The molecule has 0 unspecified atom stereocenters. The molecule has 0 bridgehead atoms. The molecule has 4 heteroatoms. The molecule has 0 N–H and O–H groups in total. The Morgan fingerprint density at radius 3 is 2.61 bits per heavy atom. The highest BCUT2D eigenvalue weighted by molar-refractivity contribution is 5.85. The van der Waals surface area contributed by atoms with Crippen molar-refractivity contribution in [3.63, 3.8) is 0 Å². The molecule has 0 aliphatic carbocycles. The topological polar surface area (TPSA) is 40.6 Å². The molecule has 0 spiro atoms. The molecule has 3 atom stereocenters. The third-order valence-electron chi connectivity index (χ3n) is 5.29. The predicted molar refractivity (Wildman–Crippen MR) is 89.7 cm³/mol. The van der Waals surface area contributed by atoms with Crippen LogP contribution >= 0.6 is 0 Å². The Kier molecular flexibility index (Phi) is 4.69. The van der Waals surface area contributed by atoms with E-state index in [-0.39, 0.29) is 23.8 Å². The quantitative estimate of drug-likeness (QED) is 0.842. The maximum atomic E-state index is 13.1. The summed E-state index contributed by atoms with van der Waals surface area (Å²) in [5.41, 5.74) is 1.06. The van der Waals surface area contributed by atoms with Crippen LogP contribution in [0.3, 0.4) is 0 Å². The van der Waals surface area contributed by atoms with E-state index >= 15 is 0 Å². The first-order chi connectivity index (χ1) is 11.1. The third kappa shape index (κ3) is 3.26. The molecule has 2 amide bonds. The van der Waals surface area contributed by atoms with E-state index in [1.54, 1.807) is 4.90 Å². The minimum absolute atomic E-state index is 0.120. The molecule has 2 fully saturated rings. The average Bonchev–Trinajstić information content (AvgIpc) is 2.57. The van der Waals surface area contributed by atoms with Crippen LogP contribution in [0.2, 0.25) is 0 Å². The monoisotopic (exact) mass is 314 g/mol. The van der Waals surface area contributed by atoms with Crippen molar-refractivity contribution in [3.8, 4) is 0 Å². The molecule has 2 aliphatic rings. The molecule has 4 nitrogen and oxygen atoms in total. The first-order valence-corrected chi connectivity index (χ1v) is 8.67. The van der Waals surface area contributed by atoms with Gasteiger partial charge in [0, 0.05) is 26.6 Å². The van der Waals surface area contributed by atoms with E-state index in [0.717, 1.165) is 25.1 Å². The van der Waals surface area contributed by atoms with Crippen LogP contribution in [0.4, 0.5) is 0 Å². The molecule has 1 aromatic rings. The number of likely N-dealkylation sites (tertiary alicyclic amines) is 2. The fourth-order valence-corrected chi connectivity index (χ4v) is 4.03. The molecule has 2 saturated heterocycles. The van der Waals surface area contributed by atoms with Gasteiger partial charge in [-0.25, -0.2) is 0 Å². The van der Waals surface area contributed by atoms with Gasteiger partial charge in [0.05, 0.1) is 12.0 Å². The second kappa shape index (κ2) is 6.73. The lowest BCUT2D eigenvalue weighted by molar-refractivity contribution is -0.147. The van der Waals surface area contributed by atoms with Crippen LogP contribution in [-0.2, 0) is 9.59 Å². The van der Waals surface area contributed by atoms with Crippen LogP contribution in [0.15, 0.2) is 30.3 Å². The molecule has 2 aliphatic heterocycles. The smallest absolute Gasteiger partial charge is 0.228 e. The van der Waals surface area contributed by atoms with Gasteiger partial charge in [-0.05, 0) is 30.7 Å². The number of carbonyl (C=O) groups is 2. The highest BCUT2D eigenvalue weighted by Crippen LogP contribution is 2.37. The van der Waals surface area contributed by atoms with Crippen LogP contribution < -0.4 is 0 Å². The molecule has 1 aromatic carbocycles. The first kappa shape index (κ1) is 16.0. The summed E-state index contributed by atoms with van der Waals surface area (Å²) in [6.07, 6.45) is 3.42. The van der Waals surface area contributed by atoms with E-state index in [0.29, 0.717) is 18.8 Å². The van der Waals surface area contributed by atoms with Crippen LogP contribution in [0, 0.1) is 11.8 Å². The van der Waals surface area contributed by atoms with E-state index in [2.05, 4.69) is 6.92 Å². The molecular weight excluding hydrogens is 288 g/mol. The normalized spacial score (nSPS) is 28.8. The Morgan fingerprint density at radius 1 is 1.17 bits per heavy atom. The number of hydrogen-bond donors (Lipinski definition) is 0. The van der Waals surface area contributed by atoms with Gasteiger partial charge in [-0.15, -0.1) is 0 Å². The number of nitrogens with zero attached hydrogens (tertiary/aromatic N) is 2. The summed E-state index contributed by atoms with van der Waals surface area (Å²) in [7, 11) is 1.83. The van der Waals surface area contributed by atoms with Crippen molar-refractivity contribution in [1.29, 1.82) is 0 Å². The summed E-state index contributed by atoms with van der Waals surface area (Å²) >= 11 is 0. The van der Waals surface area contributed by atoms with E-state index in [1.807, 2.05) is 42.3 Å². The van der Waals surface area contributed by atoms with Gasteiger partial charge in [0.15, 0.2) is 0 Å². The second-order valence-electron chi connectivity index (χ2n) is 7.04. The average molecular weight is 314 g/mol. The van der Waals surface area contributed by atoms with Gasteiger partial charge in [-0.3, -0.25) is 9.59 Å². The van der Waals surface area contributed by atoms with Gasteiger partial charge in [0.1, 0.15) is 0 Å². The number of piperidine rings is 2. The summed E-state index contributed by atoms with van der Waals surface area (Å²) in [6.45, 7) is 3.93. The zero-order valence-corrected chi connectivity index (χ0v) is 14.1. The zero-order chi connectivity index (χ0) is 16.4. The minimum Gasteiger partial charge on any atom is -0.342 e. The maximum Gasteiger partial charge on any atom is 0.228 e.